The molecule has 0 amide bonds. The number of hydrogen-bond acceptors (Lipinski definition) is 0. The summed E-state index contributed by atoms with van der Waals surface area (Å²) in [5.41, 5.74) is 0. The van der Waals surface area contributed by atoms with E-state index in [0.29, 0.717) is 0 Å². The van der Waals surface area contributed by atoms with E-state index in [9.17, 15) is 0 Å². The van der Waals surface area contributed by atoms with Gasteiger partial charge in [0, 0.05) is 0 Å². The van der Waals surface area contributed by atoms with Gasteiger partial charge in [-0.1, -0.05) is 0 Å². The summed E-state index contributed by atoms with van der Waals surface area (Å²) in [4.78, 5) is 0. The molecule has 0 fully saturated rings. The molecule has 0 radical (unpaired) electrons. The maximum Gasteiger partial charge on any atom is -0.147 e. The van der Waals surface area contributed by atoms with Crippen molar-refractivity contribution in [2.45, 2.75) is 11.1 Å². The molecule has 0 aliphatic rings. The van der Waals surface area contributed by atoms with Gasteiger partial charge in [-0.25, -0.2) is 0 Å². The standard InChI is InChI=1S/C2H5.3ClH.Zr/c1-2;;;;/h1H2,2H3;3*1H;. The van der Waals surface area contributed by atoms with Crippen LogP contribution in [0.5, 0.6) is 0 Å². The van der Waals surface area contributed by atoms with Crippen molar-refractivity contribution in [3.05, 3.63) is 0 Å². The minimum Gasteiger partial charge on any atom is -0.147 e. The average Bonchev–Trinajstić information content (AvgIpc) is 0.918. The van der Waals surface area contributed by atoms with Crippen LogP contribution >= 0.6 is 37.2 Å². The van der Waals surface area contributed by atoms with Crippen molar-refractivity contribution in [1.29, 1.82) is 0 Å². The van der Waals surface area contributed by atoms with Crippen LogP contribution < -0.4 is 0 Å². The second-order valence-corrected chi connectivity index (χ2v) is 2.09. The predicted octanol–water partition coefficient (Wildman–Crippen LogP) is 2.24. The molecule has 0 bridgehead atoms. The maximum atomic E-state index is 2.16. The predicted molar refractivity (Wildman–Crippen MR) is 32.2 cm³/mol. The Kier molecular flexibility index (Phi) is 123. The summed E-state index contributed by atoms with van der Waals surface area (Å²) < 4.78 is 1.34. The first kappa shape index (κ1) is 25.1. The van der Waals surface area contributed by atoms with Crippen LogP contribution in [0.25, 0.3) is 0 Å². The van der Waals surface area contributed by atoms with Crippen LogP contribution in [0.15, 0.2) is 0 Å². The molecule has 0 heterocycles. The van der Waals surface area contributed by atoms with E-state index in [1.54, 1.807) is 24.7 Å². The summed E-state index contributed by atoms with van der Waals surface area (Å²) in [5.74, 6) is 0. The maximum absolute atomic E-state index is 2.16. The van der Waals surface area contributed by atoms with Crippen LogP contribution in [0.2, 0.25) is 4.13 Å². The average molecular weight is 230 g/mol. The summed E-state index contributed by atoms with van der Waals surface area (Å²) in [7, 11) is 0. The minimum atomic E-state index is 0. The van der Waals surface area contributed by atoms with Gasteiger partial charge in [-0.3, -0.25) is 0 Å². The SMILES string of the molecule is C[CH2][Zr].Cl.Cl.Cl. The fourth-order valence-electron chi connectivity index (χ4n) is 0. The topological polar surface area (TPSA) is 0 Å². The smallest absolute Gasteiger partial charge is 0.147 e. The van der Waals surface area contributed by atoms with Crippen LogP contribution in [0.4, 0.5) is 0 Å². The molecule has 0 aromatic rings. The molecule has 0 N–H and O–H groups in total. The molecule has 0 spiro atoms. The van der Waals surface area contributed by atoms with Crippen molar-refractivity contribution in [2.75, 3.05) is 0 Å². The second-order valence-electron chi connectivity index (χ2n) is 0.354. The number of halogens is 3. The third kappa shape index (κ3) is 42.3. The van der Waals surface area contributed by atoms with E-state index in [2.05, 4.69) is 6.92 Å². The molecule has 0 aromatic carbocycles. The molecular weight excluding hydrogens is 222 g/mol. The summed E-state index contributed by atoms with van der Waals surface area (Å²) in [6.07, 6.45) is 0. The molecule has 0 aliphatic carbocycles. The summed E-state index contributed by atoms with van der Waals surface area (Å²) in [6, 6.07) is 0. The first-order chi connectivity index (χ1) is 1.41. The molecule has 4 heteroatoms. The molecule has 0 unspecified atom stereocenters. The quantitative estimate of drug-likeness (QED) is 0.598. The van der Waals surface area contributed by atoms with Gasteiger partial charge >= 0.3 is 35.8 Å². The molecule has 0 aliphatic heterocycles. The van der Waals surface area contributed by atoms with Crippen molar-refractivity contribution in [3.63, 3.8) is 0 Å². The van der Waals surface area contributed by atoms with Crippen LogP contribution in [-0.2, 0) is 24.7 Å². The van der Waals surface area contributed by atoms with Crippen molar-refractivity contribution in [1.82, 2.24) is 0 Å². The Bertz CT molecular complexity index is 8.75. The van der Waals surface area contributed by atoms with Crippen molar-refractivity contribution in [2.24, 2.45) is 0 Å². The zero-order chi connectivity index (χ0) is 2.71. The van der Waals surface area contributed by atoms with Gasteiger partial charge in [-0.05, 0) is 0 Å². The monoisotopic (exact) mass is 227 g/mol. The molecule has 0 atom stereocenters. The Hall–Kier alpha value is 1.75. The Morgan fingerprint density at radius 1 is 1.17 bits per heavy atom. The normalized spacial score (nSPS) is 2.67. The zero-order valence-electron chi connectivity index (χ0n) is 3.43. The molecule has 0 saturated heterocycles. The molecule has 0 nitrogen and oxygen atoms in total. The number of rotatable bonds is 0. The van der Waals surface area contributed by atoms with Crippen LogP contribution in [0, 0.1) is 0 Å². The van der Waals surface area contributed by atoms with E-state index < -0.39 is 0 Å². The van der Waals surface area contributed by atoms with E-state index in [0.717, 1.165) is 0 Å². The van der Waals surface area contributed by atoms with Gasteiger partial charge in [0.15, 0.2) is 0 Å². The van der Waals surface area contributed by atoms with E-state index >= 15 is 0 Å². The molecule has 41 valence electrons. The molecule has 0 saturated carbocycles. The van der Waals surface area contributed by atoms with Crippen molar-refractivity contribution < 1.29 is 24.7 Å². The first-order valence-electron chi connectivity index (χ1n) is 1.06. The van der Waals surface area contributed by atoms with Crippen molar-refractivity contribution >= 4 is 37.2 Å². The van der Waals surface area contributed by atoms with Gasteiger partial charge in [-0.15, -0.1) is 37.2 Å². The van der Waals surface area contributed by atoms with E-state index in [1.807, 2.05) is 0 Å². The minimum absolute atomic E-state index is 0. The Balaban J connectivity index is -0.00000000667. The van der Waals surface area contributed by atoms with Crippen LogP contribution in [0.3, 0.4) is 0 Å². The van der Waals surface area contributed by atoms with Crippen molar-refractivity contribution in [3.8, 4) is 0 Å². The van der Waals surface area contributed by atoms with E-state index in [1.165, 1.54) is 4.13 Å². The van der Waals surface area contributed by atoms with E-state index in [-0.39, 0.29) is 37.2 Å². The third-order valence-corrected chi connectivity index (χ3v) is 0. The second kappa shape index (κ2) is 29.5. The Morgan fingerprint density at radius 2 is 1.17 bits per heavy atom. The van der Waals surface area contributed by atoms with Gasteiger partial charge in [0.25, 0.3) is 0 Å². The fourth-order valence-corrected chi connectivity index (χ4v) is 0. The zero-order valence-corrected chi connectivity index (χ0v) is 8.34. The van der Waals surface area contributed by atoms with Gasteiger partial charge in [0.05, 0.1) is 0 Å². The number of hydrogen-bond donors (Lipinski definition) is 0. The van der Waals surface area contributed by atoms with E-state index in [4.69, 9.17) is 0 Å². The molecule has 6 heavy (non-hydrogen) atoms. The summed E-state index contributed by atoms with van der Waals surface area (Å²) in [5, 5.41) is 0. The largest absolute Gasteiger partial charge is 0.147 e. The molecule has 0 aromatic heterocycles. The Morgan fingerprint density at radius 3 is 1.17 bits per heavy atom. The molecule has 0 rings (SSSR count). The Labute approximate surface area is 72.5 Å². The first-order valence-corrected chi connectivity index (χ1v) is 2.80. The van der Waals surface area contributed by atoms with Gasteiger partial charge in [0.1, 0.15) is 0 Å². The van der Waals surface area contributed by atoms with Gasteiger partial charge < -0.3 is 0 Å². The third-order valence-electron chi connectivity index (χ3n) is 0. The van der Waals surface area contributed by atoms with Crippen LogP contribution in [-0.4, -0.2) is 0 Å². The van der Waals surface area contributed by atoms with Crippen LogP contribution in [0.1, 0.15) is 6.92 Å². The van der Waals surface area contributed by atoms with Gasteiger partial charge in [-0.2, -0.15) is 0 Å². The van der Waals surface area contributed by atoms with Gasteiger partial charge in [0.2, 0.25) is 0 Å². The summed E-state index contributed by atoms with van der Waals surface area (Å²) in [6.45, 7) is 2.16. The summed E-state index contributed by atoms with van der Waals surface area (Å²) >= 11 is 1.64. The molecular formula is C2H8Cl3Zr. The fraction of sp³-hybridized carbons (Fsp3) is 1.00.